The largest absolute Gasteiger partial charge is 0.497 e. The van der Waals surface area contributed by atoms with Gasteiger partial charge in [0.1, 0.15) is 16.7 Å². The van der Waals surface area contributed by atoms with Gasteiger partial charge >= 0.3 is 0 Å². The second kappa shape index (κ2) is 6.49. The zero-order chi connectivity index (χ0) is 15.4. The lowest BCUT2D eigenvalue weighted by Gasteiger charge is -2.11. The number of amides is 1. The van der Waals surface area contributed by atoms with Crippen LogP contribution in [0, 0.1) is 0 Å². The van der Waals surface area contributed by atoms with Crippen molar-refractivity contribution in [2.75, 3.05) is 14.2 Å². The van der Waals surface area contributed by atoms with Crippen LogP contribution in [0.25, 0.3) is 0 Å². The highest BCUT2D eigenvalue weighted by Crippen LogP contribution is 2.24. The van der Waals surface area contributed by atoms with E-state index in [0.717, 1.165) is 5.56 Å². The van der Waals surface area contributed by atoms with Crippen molar-refractivity contribution in [2.24, 2.45) is 7.05 Å². The molecule has 2 rings (SSSR count). The highest BCUT2D eigenvalue weighted by molar-refractivity contribution is 6.32. The minimum Gasteiger partial charge on any atom is -0.497 e. The number of methoxy groups -OCH3 is 2. The fourth-order valence-electron chi connectivity index (χ4n) is 1.84. The van der Waals surface area contributed by atoms with Crippen molar-refractivity contribution in [1.82, 2.24) is 15.1 Å². The van der Waals surface area contributed by atoms with Crippen LogP contribution in [0.1, 0.15) is 15.9 Å². The van der Waals surface area contributed by atoms with Crippen molar-refractivity contribution in [2.45, 2.75) is 6.54 Å². The SMILES string of the molecule is COc1ccc(CNC(=O)c2cnn(C)c2Cl)c(OC)c1. The maximum Gasteiger partial charge on any atom is 0.256 e. The van der Waals surface area contributed by atoms with Gasteiger partial charge in [0.25, 0.3) is 5.91 Å². The van der Waals surface area contributed by atoms with E-state index in [1.165, 1.54) is 10.9 Å². The first-order valence-electron chi connectivity index (χ1n) is 6.23. The lowest BCUT2D eigenvalue weighted by Crippen LogP contribution is -2.23. The van der Waals surface area contributed by atoms with E-state index in [9.17, 15) is 4.79 Å². The summed E-state index contributed by atoms with van der Waals surface area (Å²) >= 11 is 5.98. The first-order chi connectivity index (χ1) is 10.1. The number of hydrogen-bond acceptors (Lipinski definition) is 4. The summed E-state index contributed by atoms with van der Waals surface area (Å²) in [7, 11) is 4.82. The van der Waals surface area contributed by atoms with Crippen LogP contribution in [-0.4, -0.2) is 29.9 Å². The van der Waals surface area contributed by atoms with E-state index in [4.69, 9.17) is 21.1 Å². The molecule has 1 aromatic carbocycles. The molecule has 1 N–H and O–H groups in total. The molecule has 0 fully saturated rings. The van der Waals surface area contributed by atoms with Crippen molar-refractivity contribution in [3.63, 3.8) is 0 Å². The van der Waals surface area contributed by atoms with Crippen molar-refractivity contribution in [3.05, 3.63) is 40.7 Å². The molecule has 0 aliphatic rings. The van der Waals surface area contributed by atoms with Crippen LogP contribution in [0.4, 0.5) is 0 Å². The van der Waals surface area contributed by atoms with Crippen molar-refractivity contribution >= 4 is 17.5 Å². The number of halogens is 1. The quantitative estimate of drug-likeness (QED) is 0.917. The Labute approximate surface area is 127 Å². The third-order valence-corrected chi connectivity index (χ3v) is 3.49. The molecule has 1 heterocycles. The molecule has 0 atom stereocenters. The monoisotopic (exact) mass is 309 g/mol. The minimum atomic E-state index is -0.286. The van der Waals surface area contributed by atoms with E-state index in [1.54, 1.807) is 33.4 Å². The van der Waals surface area contributed by atoms with Gasteiger partial charge in [-0.05, 0) is 12.1 Å². The summed E-state index contributed by atoms with van der Waals surface area (Å²) in [4.78, 5) is 12.1. The predicted octanol–water partition coefficient (Wildman–Crippen LogP) is 2.02. The number of nitrogens with one attached hydrogen (secondary N) is 1. The molecule has 112 valence electrons. The summed E-state index contributed by atoms with van der Waals surface area (Å²) in [6.07, 6.45) is 1.43. The van der Waals surface area contributed by atoms with E-state index in [-0.39, 0.29) is 5.91 Å². The van der Waals surface area contributed by atoms with Crippen LogP contribution in [0.2, 0.25) is 5.15 Å². The molecule has 0 saturated heterocycles. The maximum atomic E-state index is 12.1. The van der Waals surface area contributed by atoms with E-state index >= 15 is 0 Å². The highest BCUT2D eigenvalue weighted by Gasteiger charge is 2.15. The first kappa shape index (κ1) is 15.2. The Morgan fingerprint density at radius 1 is 1.38 bits per heavy atom. The smallest absolute Gasteiger partial charge is 0.256 e. The van der Waals surface area contributed by atoms with Gasteiger partial charge in [0.15, 0.2) is 0 Å². The molecular formula is C14H16ClN3O3. The summed E-state index contributed by atoms with van der Waals surface area (Å²) in [5.41, 5.74) is 1.18. The third-order valence-electron chi connectivity index (χ3n) is 3.04. The van der Waals surface area contributed by atoms with Gasteiger partial charge < -0.3 is 14.8 Å². The van der Waals surface area contributed by atoms with E-state index in [2.05, 4.69) is 10.4 Å². The van der Waals surface area contributed by atoms with Crippen molar-refractivity contribution in [1.29, 1.82) is 0 Å². The Balaban J connectivity index is 2.09. The molecule has 0 aliphatic heterocycles. The van der Waals surface area contributed by atoms with E-state index < -0.39 is 0 Å². The van der Waals surface area contributed by atoms with Gasteiger partial charge in [0.2, 0.25) is 0 Å². The number of hydrogen-bond donors (Lipinski definition) is 1. The first-order valence-corrected chi connectivity index (χ1v) is 6.61. The summed E-state index contributed by atoms with van der Waals surface area (Å²) in [5.74, 6) is 1.05. The third kappa shape index (κ3) is 3.28. The van der Waals surface area contributed by atoms with E-state index in [1.807, 2.05) is 6.07 Å². The van der Waals surface area contributed by atoms with Crippen LogP contribution in [0.3, 0.4) is 0 Å². The Morgan fingerprint density at radius 3 is 2.71 bits per heavy atom. The molecule has 0 bridgehead atoms. The van der Waals surface area contributed by atoms with Crippen molar-refractivity contribution < 1.29 is 14.3 Å². The van der Waals surface area contributed by atoms with Gasteiger partial charge in [-0.15, -0.1) is 0 Å². The standard InChI is InChI=1S/C14H16ClN3O3/c1-18-13(15)11(8-17-18)14(19)16-7-9-4-5-10(20-2)6-12(9)21-3/h4-6,8H,7H2,1-3H3,(H,16,19). The topological polar surface area (TPSA) is 65.4 Å². The van der Waals surface area contributed by atoms with Gasteiger partial charge in [0, 0.05) is 25.2 Å². The Bertz CT molecular complexity index is 655. The summed E-state index contributed by atoms with van der Waals surface area (Å²) in [6, 6.07) is 5.41. The average molecular weight is 310 g/mol. The molecule has 1 aromatic heterocycles. The molecule has 1 amide bonds. The van der Waals surface area contributed by atoms with E-state index in [0.29, 0.717) is 28.8 Å². The van der Waals surface area contributed by atoms with Gasteiger partial charge in [-0.2, -0.15) is 5.10 Å². The number of benzene rings is 1. The van der Waals surface area contributed by atoms with Crippen LogP contribution in [0.5, 0.6) is 11.5 Å². The molecule has 0 saturated carbocycles. The second-order valence-electron chi connectivity index (χ2n) is 4.33. The minimum absolute atomic E-state index is 0.286. The average Bonchev–Trinajstić information content (AvgIpc) is 2.84. The number of nitrogens with zero attached hydrogens (tertiary/aromatic N) is 2. The van der Waals surface area contributed by atoms with Gasteiger partial charge in [-0.25, -0.2) is 0 Å². The lowest BCUT2D eigenvalue weighted by molar-refractivity contribution is 0.0951. The van der Waals surface area contributed by atoms with Crippen LogP contribution >= 0.6 is 11.6 Å². The molecule has 6 nitrogen and oxygen atoms in total. The lowest BCUT2D eigenvalue weighted by atomic mass is 10.2. The molecular weight excluding hydrogens is 294 g/mol. The Morgan fingerprint density at radius 2 is 2.14 bits per heavy atom. The molecule has 0 spiro atoms. The summed E-state index contributed by atoms with van der Waals surface area (Å²) in [6.45, 7) is 0.317. The van der Waals surface area contributed by atoms with Gasteiger partial charge in [-0.3, -0.25) is 9.48 Å². The normalized spacial score (nSPS) is 10.3. The number of ether oxygens (including phenoxy) is 2. The molecule has 7 heteroatoms. The predicted molar refractivity (Wildman–Crippen MR) is 78.9 cm³/mol. The molecule has 0 radical (unpaired) electrons. The molecule has 0 aliphatic carbocycles. The van der Waals surface area contributed by atoms with Crippen LogP contribution < -0.4 is 14.8 Å². The number of aryl methyl sites for hydroxylation is 1. The summed E-state index contributed by atoms with van der Waals surface area (Å²) < 4.78 is 11.8. The fraction of sp³-hybridized carbons (Fsp3) is 0.286. The summed E-state index contributed by atoms with van der Waals surface area (Å²) in [5, 5.41) is 7.02. The second-order valence-corrected chi connectivity index (χ2v) is 4.69. The van der Waals surface area contributed by atoms with Crippen LogP contribution in [-0.2, 0) is 13.6 Å². The van der Waals surface area contributed by atoms with Crippen molar-refractivity contribution in [3.8, 4) is 11.5 Å². The van der Waals surface area contributed by atoms with Gasteiger partial charge in [-0.1, -0.05) is 11.6 Å². The fourth-order valence-corrected chi connectivity index (χ4v) is 2.02. The highest BCUT2D eigenvalue weighted by atomic mass is 35.5. The van der Waals surface area contributed by atoms with Gasteiger partial charge in [0.05, 0.1) is 26.0 Å². The molecule has 0 unspecified atom stereocenters. The van der Waals surface area contributed by atoms with Crippen LogP contribution in [0.15, 0.2) is 24.4 Å². The zero-order valence-corrected chi connectivity index (χ0v) is 12.8. The zero-order valence-electron chi connectivity index (χ0n) is 12.0. The number of carbonyl (C=O) groups excluding carboxylic acids is 1. The number of carbonyl (C=O) groups is 1. The Kier molecular flexibility index (Phi) is 4.70. The number of aromatic nitrogens is 2. The maximum absolute atomic E-state index is 12.1. The molecule has 21 heavy (non-hydrogen) atoms. The Hall–Kier alpha value is -2.21. The number of rotatable bonds is 5. The molecule has 2 aromatic rings.